The van der Waals surface area contributed by atoms with Crippen LogP contribution < -0.4 is 4.72 Å². The monoisotopic (exact) mass is 331 g/mol. The van der Waals surface area contributed by atoms with Crippen molar-refractivity contribution in [1.82, 2.24) is 4.98 Å². The van der Waals surface area contributed by atoms with Crippen molar-refractivity contribution in [2.75, 3.05) is 4.72 Å². The van der Waals surface area contributed by atoms with E-state index in [0.717, 1.165) is 18.2 Å². The van der Waals surface area contributed by atoms with Gasteiger partial charge in [0, 0.05) is 6.20 Å². The van der Waals surface area contributed by atoms with Crippen LogP contribution in [0.3, 0.4) is 0 Å². The number of pyridine rings is 1. The van der Waals surface area contributed by atoms with Crippen LogP contribution in [0.4, 0.5) is 15.9 Å². The molecular weight excluding hydrogens is 325 g/mol. The van der Waals surface area contributed by atoms with Crippen molar-refractivity contribution in [3.05, 3.63) is 57.5 Å². The van der Waals surface area contributed by atoms with E-state index in [-0.39, 0.29) is 10.8 Å². The van der Waals surface area contributed by atoms with Crippen LogP contribution in [0, 0.1) is 15.9 Å². The molecule has 0 spiro atoms. The van der Waals surface area contributed by atoms with Gasteiger partial charge in [0.25, 0.3) is 10.0 Å². The van der Waals surface area contributed by atoms with Crippen molar-refractivity contribution in [3.63, 3.8) is 0 Å². The average Bonchev–Trinajstić information content (AvgIpc) is 2.40. The number of halogens is 2. The molecule has 21 heavy (non-hydrogen) atoms. The van der Waals surface area contributed by atoms with Gasteiger partial charge in [-0.25, -0.2) is 13.4 Å². The number of para-hydroxylation sites is 1. The molecule has 110 valence electrons. The first-order valence-corrected chi connectivity index (χ1v) is 7.24. The number of nitro groups is 1. The zero-order valence-corrected chi connectivity index (χ0v) is 11.7. The van der Waals surface area contributed by atoms with Gasteiger partial charge in [-0.1, -0.05) is 17.7 Å². The quantitative estimate of drug-likeness (QED) is 0.685. The minimum Gasteiger partial charge on any atom is -0.263 e. The SMILES string of the molecule is O=[N+]([O-])c1c(F)cccc1S(=O)(=O)Nc1ccc(Cl)cn1. The summed E-state index contributed by atoms with van der Waals surface area (Å²) in [6, 6.07) is 5.45. The Morgan fingerprint density at radius 1 is 1.29 bits per heavy atom. The van der Waals surface area contributed by atoms with Crippen LogP contribution in [0.5, 0.6) is 0 Å². The molecule has 1 heterocycles. The van der Waals surface area contributed by atoms with Gasteiger partial charge in [0.05, 0.1) is 9.95 Å². The fourth-order valence-electron chi connectivity index (χ4n) is 1.52. The number of nitrogens with zero attached hydrogens (tertiary/aromatic N) is 2. The van der Waals surface area contributed by atoms with Crippen molar-refractivity contribution in [3.8, 4) is 0 Å². The largest absolute Gasteiger partial charge is 0.325 e. The fourth-order valence-corrected chi connectivity index (χ4v) is 2.82. The molecule has 1 aromatic heterocycles. The second-order valence-corrected chi connectivity index (χ2v) is 5.90. The molecular formula is C11H7ClFN3O4S. The highest BCUT2D eigenvalue weighted by Gasteiger charge is 2.29. The summed E-state index contributed by atoms with van der Waals surface area (Å²) in [6.07, 6.45) is 1.19. The van der Waals surface area contributed by atoms with E-state index in [9.17, 15) is 22.9 Å². The molecule has 0 amide bonds. The van der Waals surface area contributed by atoms with E-state index in [1.54, 1.807) is 0 Å². The minimum absolute atomic E-state index is 0.0991. The van der Waals surface area contributed by atoms with Gasteiger partial charge >= 0.3 is 5.69 Å². The van der Waals surface area contributed by atoms with Gasteiger partial charge in [0.1, 0.15) is 5.82 Å². The highest BCUT2D eigenvalue weighted by molar-refractivity contribution is 7.92. The van der Waals surface area contributed by atoms with Crippen molar-refractivity contribution < 1.29 is 17.7 Å². The molecule has 1 N–H and O–H groups in total. The lowest BCUT2D eigenvalue weighted by Crippen LogP contribution is -2.16. The molecule has 0 saturated heterocycles. The Bertz CT molecular complexity index is 796. The summed E-state index contributed by atoms with van der Waals surface area (Å²) in [5, 5.41) is 11.1. The first kappa shape index (κ1) is 15.1. The minimum atomic E-state index is -4.36. The fraction of sp³-hybridized carbons (Fsp3) is 0. The Kier molecular flexibility index (Phi) is 4.05. The highest BCUT2D eigenvalue weighted by Crippen LogP contribution is 2.28. The Labute approximate surface area is 123 Å². The molecule has 0 aliphatic rings. The van der Waals surface area contributed by atoms with Crippen LogP contribution in [-0.2, 0) is 10.0 Å². The summed E-state index contributed by atoms with van der Waals surface area (Å²) in [5.74, 6) is -1.34. The predicted molar refractivity (Wildman–Crippen MR) is 73.1 cm³/mol. The van der Waals surface area contributed by atoms with Gasteiger partial charge in [-0.05, 0) is 24.3 Å². The van der Waals surface area contributed by atoms with Gasteiger partial charge in [-0.2, -0.15) is 4.39 Å². The molecule has 0 radical (unpaired) electrons. The maximum Gasteiger partial charge on any atom is 0.325 e. The predicted octanol–water partition coefficient (Wildman–Crippen LogP) is 2.58. The average molecular weight is 332 g/mol. The standard InChI is InChI=1S/C11H7ClFN3O4S/c12-7-4-5-10(14-6-7)15-21(19,20)9-3-1-2-8(13)11(9)16(17)18/h1-6H,(H,14,15). The summed E-state index contributed by atoms with van der Waals surface area (Å²) in [4.78, 5) is 12.6. The lowest BCUT2D eigenvalue weighted by molar-refractivity contribution is -0.390. The molecule has 0 fully saturated rings. The second kappa shape index (κ2) is 5.62. The molecule has 0 saturated carbocycles. The molecule has 2 aromatic rings. The molecule has 0 bridgehead atoms. The van der Waals surface area contributed by atoms with Crippen LogP contribution in [0.15, 0.2) is 41.4 Å². The molecule has 0 atom stereocenters. The maximum absolute atomic E-state index is 13.5. The van der Waals surface area contributed by atoms with E-state index in [1.807, 2.05) is 4.72 Å². The third-order valence-corrected chi connectivity index (χ3v) is 4.00. The van der Waals surface area contributed by atoms with E-state index in [4.69, 9.17) is 11.6 Å². The van der Waals surface area contributed by atoms with Crippen molar-refractivity contribution >= 4 is 33.1 Å². The highest BCUT2D eigenvalue weighted by atomic mass is 35.5. The van der Waals surface area contributed by atoms with Crippen LogP contribution >= 0.6 is 11.6 Å². The number of nitrogens with one attached hydrogen (secondary N) is 1. The topological polar surface area (TPSA) is 102 Å². The van der Waals surface area contributed by atoms with Gasteiger partial charge in [-0.15, -0.1) is 0 Å². The van der Waals surface area contributed by atoms with E-state index < -0.39 is 31.3 Å². The summed E-state index contributed by atoms with van der Waals surface area (Å²) in [5.41, 5.74) is -1.13. The van der Waals surface area contributed by atoms with Crippen molar-refractivity contribution in [1.29, 1.82) is 0 Å². The summed E-state index contributed by atoms with van der Waals surface area (Å²) >= 11 is 5.61. The zero-order chi connectivity index (χ0) is 15.6. The normalized spacial score (nSPS) is 11.1. The third kappa shape index (κ3) is 3.26. The first-order chi connectivity index (χ1) is 9.81. The molecule has 0 aliphatic carbocycles. The Morgan fingerprint density at radius 3 is 2.57 bits per heavy atom. The lowest BCUT2D eigenvalue weighted by atomic mass is 10.3. The molecule has 1 aromatic carbocycles. The van der Waals surface area contributed by atoms with Crippen LogP contribution in [0.2, 0.25) is 5.02 Å². The number of benzene rings is 1. The van der Waals surface area contributed by atoms with Gasteiger partial charge in [0.2, 0.25) is 5.82 Å². The van der Waals surface area contributed by atoms with Crippen LogP contribution in [0.1, 0.15) is 0 Å². The maximum atomic E-state index is 13.5. The number of hydrogen-bond donors (Lipinski definition) is 1. The number of sulfonamides is 1. The lowest BCUT2D eigenvalue weighted by Gasteiger charge is -2.08. The number of anilines is 1. The summed E-state index contributed by atoms with van der Waals surface area (Å²) in [7, 11) is -4.36. The van der Waals surface area contributed by atoms with E-state index in [2.05, 4.69) is 4.98 Å². The van der Waals surface area contributed by atoms with E-state index in [1.165, 1.54) is 18.3 Å². The molecule has 10 heteroatoms. The third-order valence-electron chi connectivity index (χ3n) is 2.39. The van der Waals surface area contributed by atoms with Crippen LogP contribution in [0.25, 0.3) is 0 Å². The number of hydrogen-bond acceptors (Lipinski definition) is 5. The van der Waals surface area contributed by atoms with Crippen molar-refractivity contribution in [2.45, 2.75) is 4.90 Å². The second-order valence-electron chi connectivity index (χ2n) is 3.81. The summed E-state index contributed by atoms with van der Waals surface area (Å²) < 4.78 is 39.7. The first-order valence-electron chi connectivity index (χ1n) is 5.38. The summed E-state index contributed by atoms with van der Waals surface area (Å²) in [6.45, 7) is 0. The Morgan fingerprint density at radius 2 is 2.00 bits per heavy atom. The van der Waals surface area contributed by atoms with Gasteiger partial charge < -0.3 is 0 Å². The molecule has 0 aliphatic heterocycles. The number of nitro benzene ring substituents is 1. The molecule has 0 unspecified atom stereocenters. The number of rotatable bonds is 4. The molecule has 7 nitrogen and oxygen atoms in total. The Hall–Kier alpha value is -2.26. The Balaban J connectivity index is 2.47. The zero-order valence-electron chi connectivity index (χ0n) is 10.2. The van der Waals surface area contributed by atoms with Gasteiger partial charge in [-0.3, -0.25) is 14.8 Å². The molecule has 2 rings (SSSR count). The van der Waals surface area contributed by atoms with Crippen molar-refractivity contribution in [2.24, 2.45) is 0 Å². The van der Waals surface area contributed by atoms with E-state index in [0.29, 0.717) is 0 Å². The number of aromatic nitrogens is 1. The smallest absolute Gasteiger partial charge is 0.263 e. The van der Waals surface area contributed by atoms with Crippen LogP contribution in [-0.4, -0.2) is 18.3 Å². The van der Waals surface area contributed by atoms with E-state index >= 15 is 0 Å². The van der Waals surface area contributed by atoms with Gasteiger partial charge in [0.15, 0.2) is 4.90 Å².